The largest absolute Gasteiger partial charge is 0.409 e. The van der Waals surface area contributed by atoms with E-state index >= 15 is 0 Å². The van der Waals surface area contributed by atoms with Gasteiger partial charge in [0.25, 0.3) is 0 Å². The third kappa shape index (κ3) is 3.35. The summed E-state index contributed by atoms with van der Waals surface area (Å²) in [7, 11) is 0. The lowest BCUT2D eigenvalue weighted by Gasteiger charge is -2.12. The molecule has 16 heavy (non-hydrogen) atoms. The van der Waals surface area contributed by atoms with Crippen LogP contribution in [0.1, 0.15) is 19.5 Å². The Balaban J connectivity index is 2.83. The smallest absolute Gasteiger partial charge is 0.188 e. The van der Waals surface area contributed by atoms with Gasteiger partial charge < -0.3 is 16.0 Å². The van der Waals surface area contributed by atoms with E-state index < -0.39 is 6.10 Å². The van der Waals surface area contributed by atoms with Crippen LogP contribution in [-0.2, 0) is 0 Å². The minimum atomic E-state index is -0.457. The van der Waals surface area contributed by atoms with Crippen molar-refractivity contribution in [2.45, 2.75) is 30.4 Å². The molecule has 4 N–H and O–H groups in total. The molecule has 7 heteroatoms. The van der Waals surface area contributed by atoms with Crippen LogP contribution in [0.2, 0.25) is 0 Å². The van der Waals surface area contributed by atoms with E-state index in [0.29, 0.717) is 10.9 Å². The molecule has 0 saturated heterocycles. The molecule has 6 nitrogen and oxygen atoms in total. The maximum atomic E-state index is 9.34. The summed E-state index contributed by atoms with van der Waals surface area (Å²) in [5.41, 5.74) is 5.76. The zero-order valence-electron chi connectivity index (χ0n) is 9.03. The van der Waals surface area contributed by atoms with Crippen molar-refractivity contribution < 1.29 is 10.3 Å². The SMILES string of the molecule is CC(O)C(C)Sc1nccc(/C(N)=N/O)n1. The summed E-state index contributed by atoms with van der Waals surface area (Å²) < 4.78 is 0. The van der Waals surface area contributed by atoms with E-state index in [4.69, 9.17) is 10.9 Å². The second-order valence-electron chi connectivity index (χ2n) is 3.27. The van der Waals surface area contributed by atoms with Gasteiger partial charge >= 0.3 is 0 Å². The Bertz CT molecular complexity index is 384. The molecule has 1 heterocycles. The zero-order valence-corrected chi connectivity index (χ0v) is 9.85. The van der Waals surface area contributed by atoms with Crippen LogP contribution in [0, 0.1) is 0 Å². The van der Waals surface area contributed by atoms with E-state index in [1.54, 1.807) is 13.0 Å². The van der Waals surface area contributed by atoms with Crippen molar-refractivity contribution in [3.63, 3.8) is 0 Å². The normalized spacial score (nSPS) is 15.8. The van der Waals surface area contributed by atoms with E-state index in [9.17, 15) is 5.11 Å². The Morgan fingerprint density at radius 2 is 2.25 bits per heavy atom. The number of rotatable bonds is 4. The molecule has 0 amide bonds. The highest BCUT2D eigenvalue weighted by Crippen LogP contribution is 2.21. The summed E-state index contributed by atoms with van der Waals surface area (Å²) >= 11 is 1.33. The molecule has 1 rings (SSSR count). The molecule has 0 saturated carbocycles. The number of thioether (sulfide) groups is 1. The number of aliphatic hydroxyl groups is 1. The number of aliphatic hydroxyl groups excluding tert-OH is 1. The first-order valence-electron chi connectivity index (χ1n) is 4.70. The average molecular weight is 242 g/mol. The minimum absolute atomic E-state index is 0.0254. The molecule has 2 unspecified atom stereocenters. The zero-order chi connectivity index (χ0) is 12.1. The van der Waals surface area contributed by atoms with Crippen molar-refractivity contribution in [1.82, 2.24) is 9.97 Å². The summed E-state index contributed by atoms with van der Waals surface area (Å²) in [6.45, 7) is 3.57. The summed E-state index contributed by atoms with van der Waals surface area (Å²) in [5, 5.41) is 21.2. The third-order valence-electron chi connectivity index (χ3n) is 1.97. The molecule has 88 valence electrons. The van der Waals surface area contributed by atoms with Crippen LogP contribution in [0.25, 0.3) is 0 Å². The molecular formula is C9H14N4O2S. The fraction of sp³-hybridized carbons (Fsp3) is 0.444. The molecule has 0 aliphatic rings. The van der Waals surface area contributed by atoms with Crippen molar-refractivity contribution in [3.05, 3.63) is 18.0 Å². The lowest BCUT2D eigenvalue weighted by atomic mass is 10.3. The van der Waals surface area contributed by atoms with Crippen LogP contribution in [0.4, 0.5) is 0 Å². The molecule has 1 aromatic rings. The molecule has 0 fully saturated rings. The predicted octanol–water partition coefficient (Wildman–Crippen LogP) is 0.433. The van der Waals surface area contributed by atoms with Gasteiger partial charge in [0.2, 0.25) is 0 Å². The van der Waals surface area contributed by atoms with Crippen LogP contribution < -0.4 is 5.73 Å². The Morgan fingerprint density at radius 3 is 2.81 bits per heavy atom. The van der Waals surface area contributed by atoms with Gasteiger partial charge in [0.1, 0.15) is 5.69 Å². The topological polar surface area (TPSA) is 105 Å². The number of hydrogen-bond acceptors (Lipinski definition) is 6. The molecule has 0 bridgehead atoms. The van der Waals surface area contributed by atoms with Gasteiger partial charge in [-0.3, -0.25) is 0 Å². The molecule has 0 aliphatic heterocycles. The lowest BCUT2D eigenvalue weighted by Crippen LogP contribution is -2.18. The second kappa shape index (κ2) is 5.66. The van der Waals surface area contributed by atoms with E-state index in [1.807, 2.05) is 6.92 Å². The van der Waals surface area contributed by atoms with Gasteiger partial charge in [-0.05, 0) is 13.0 Å². The second-order valence-corrected chi connectivity index (χ2v) is 4.62. The fourth-order valence-corrected chi connectivity index (χ4v) is 1.66. The highest BCUT2D eigenvalue weighted by molar-refractivity contribution is 7.99. The van der Waals surface area contributed by atoms with Crippen molar-refractivity contribution in [1.29, 1.82) is 0 Å². The summed E-state index contributed by atoms with van der Waals surface area (Å²) in [5.74, 6) is -0.0612. The van der Waals surface area contributed by atoms with E-state index in [-0.39, 0.29) is 11.1 Å². The summed E-state index contributed by atoms with van der Waals surface area (Å²) in [6, 6.07) is 1.55. The monoisotopic (exact) mass is 242 g/mol. The Labute approximate surface area is 97.6 Å². The van der Waals surface area contributed by atoms with Gasteiger partial charge in [0, 0.05) is 11.4 Å². The molecule has 2 atom stereocenters. The fourth-order valence-electron chi connectivity index (χ4n) is 0.856. The number of aromatic nitrogens is 2. The number of hydrogen-bond donors (Lipinski definition) is 3. The standard InChI is InChI=1S/C9H14N4O2S/c1-5(14)6(2)16-9-11-4-3-7(12-9)8(10)13-15/h3-6,14-15H,1-2H3,(H2,10,13). The van der Waals surface area contributed by atoms with E-state index in [0.717, 1.165) is 0 Å². The van der Waals surface area contributed by atoms with Crippen LogP contribution in [0.15, 0.2) is 22.6 Å². The highest BCUT2D eigenvalue weighted by atomic mass is 32.2. The predicted molar refractivity (Wildman–Crippen MR) is 61.5 cm³/mol. The summed E-state index contributed by atoms with van der Waals surface area (Å²) in [6.07, 6.45) is 1.07. The van der Waals surface area contributed by atoms with Gasteiger partial charge in [-0.15, -0.1) is 0 Å². The van der Waals surface area contributed by atoms with E-state index in [1.165, 1.54) is 18.0 Å². The molecule has 0 aromatic carbocycles. The Kier molecular flexibility index (Phi) is 4.51. The van der Waals surface area contributed by atoms with Gasteiger partial charge in [0.05, 0.1) is 6.10 Å². The molecular weight excluding hydrogens is 228 g/mol. The molecule has 0 aliphatic carbocycles. The maximum absolute atomic E-state index is 9.34. The van der Waals surface area contributed by atoms with Crippen molar-refractivity contribution in [2.24, 2.45) is 10.9 Å². The summed E-state index contributed by atoms with van der Waals surface area (Å²) in [4.78, 5) is 8.12. The van der Waals surface area contributed by atoms with Crippen LogP contribution in [0.5, 0.6) is 0 Å². The number of oxime groups is 1. The first-order valence-corrected chi connectivity index (χ1v) is 5.58. The molecule has 1 aromatic heterocycles. The van der Waals surface area contributed by atoms with Crippen LogP contribution in [0.3, 0.4) is 0 Å². The Hall–Kier alpha value is -1.34. The number of nitrogens with two attached hydrogens (primary N) is 1. The number of nitrogens with zero attached hydrogens (tertiary/aromatic N) is 3. The molecule has 0 spiro atoms. The van der Waals surface area contributed by atoms with Gasteiger partial charge in [0.15, 0.2) is 11.0 Å². The van der Waals surface area contributed by atoms with Gasteiger partial charge in [-0.2, -0.15) is 0 Å². The van der Waals surface area contributed by atoms with Crippen molar-refractivity contribution in [2.75, 3.05) is 0 Å². The maximum Gasteiger partial charge on any atom is 0.188 e. The van der Waals surface area contributed by atoms with Crippen molar-refractivity contribution in [3.8, 4) is 0 Å². The first-order chi connectivity index (χ1) is 7.54. The van der Waals surface area contributed by atoms with Gasteiger partial charge in [-0.25, -0.2) is 9.97 Å². The van der Waals surface area contributed by atoms with Crippen LogP contribution >= 0.6 is 11.8 Å². The van der Waals surface area contributed by atoms with Crippen LogP contribution in [-0.4, -0.2) is 37.5 Å². The third-order valence-corrected chi connectivity index (χ3v) is 3.15. The first kappa shape index (κ1) is 12.7. The average Bonchev–Trinajstić information content (AvgIpc) is 2.28. The van der Waals surface area contributed by atoms with E-state index in [2.05, 4.69) is 15.1 Å². The van der Waals surface area contributed by atoms with Gasteiger partial charge in [-0.1, -0.05) is 23.8 Å². The Morgan fingerprint density at radius 1 is 1.56 bits per heavy atom. The highest BCUT2D eigenvalue weighted by Gasteiger charge is 2.13. The lowest BCUT2D eigenvalue weighted by molar-refractivity contribution is 0.196. The minimum Gasteiger partial charge on any atom is -0.409 e. The van der Waals surface area contributed by atoms with Crippen molar-refractivity contribution >= 4 is 17.6 Å². The number of amidine groups is 1. The molecule has 0 radical (unpaired) electrons. The quantitative estimate of drug-likeness (QED) is 0.177.